The second kappa shape index (κ2) is 10.1. The molecule has 11 heteroatoms. The van der Waals surface area contributed by atoms with Crippen molar-refractivity contribution >= 4 is 16.9 Å². The lowest BCUT2D eigenvalue weighted by molar-refractivity contribution is -0.277. The van der Waals surface area contributed by atoms with E-state index in [9.17, 15) is 35.1 Å². The van der Waals surface area contributed by atoms with E-state index >= 15 is 0 Å². The van der Waals surface area contributed by atoms with Crippen LogP contribution in [0.5, 0.6) is 23.0 Å². The fourth-order valence-corrected chi connectivity index (χ4v) is 4.15. The fraction of sp³-hybridized carbons (Fsp3) is 0.360. The molecule has 0 aliphatic carbocycles. The maximum atomic E-state index is 13.5. The van der Waals surface area contributed by atoms with Gasteiger partial charge >= 0.3 is 5.97 Å². The summed E-state index contributed by atoms with van der Waals surface area (Å²) in [6.07, 6.45) is -5.95. The van der Waals surface area contributed by atoms with Crippen LogP contribution < -0.4 is 10.2 Å². The Morgan fingerprint density at radius 3 is 2.36 bits per heavy atom. The van der Waals surface area contributed by atoms with Gasteiger partial charge in [-0.3, -0.25) is 9.59 Å². The Bertz CT molecular complexity index is 1310. The molecule has 5 N–H and O–H groups in total. The normalized spacial score (nSPS) is 23.9. The maximum Gasteiger partial charge on any atom is 0.303 e. The largest absolute Gasteiger partial charge is 0.508 e. The van der Waals surface area contributed by atoms with Crippen LogP contribution in [-0.4, -0.2) is 62.2 Å². The van der Waals surface area contributed by atoms with Gasteiger partial charge in [0.15, 0.2) is 11.9 Å². The molecule has 1 aromatic heterocycles. The number of carbonyl (C=O) groups is 1. The Kier molecular flexibility index (Phi) is 7.07. The summed E-state index contributed by atoms with van der Waals surface area (Å²) in [5.41, 5.74) is -0.688. The second-order valence-electron chi connectivity index (χ2n) is 8.48. The summed E-state index contributed by atoms with van der Waals surface area (Å²) in [4.78, 5) is 25.0. The van der Waals surface area contributed by atoms with Gasteiger partial charge in [0.05, 0.1) is 0 Å². The first-order valence-electron chi connectivity index (χ1n) is 11.3. The standard InChI is InChI=1S/C25H26O11/c1-3-4-16-23(33-11(2)26)20(31)21(32)25(35-16)36-24-19(30)18-15(29)9-14(28)10-17(18)34-22(24)12-5-7-13(27)8-6-12/h5-10,16,20-21,23,25,27-29,31-32H,3-4H2,1-2H3/t16-,20-,21+,23-,25?/m0/s1. The van der Waals surface area contributed by atoms with Gasteiger partial charge in [-0.1, -0.05) is 13.3 Å². The first kappa shape index (κ1) is 25.3. The molecule has 1 saturated heterocycles. The molecule has 3 aromatic rings. The predicted octanol–water partition coefficient (Wildman–Crippen LogP) is 2.13. The lowest BCUT2D eigenvalue weighted by Crippen LogP contribution is -2.60. The molecule has 2 heterocycles. The van der Waals surface area contributed by atoms with Crippen LogP contribution in [0.2, 0.25) is 0 Å². The molecule has 0 bridgehead atoms. The summed E-state index contributed by atoms with van der Waals surface area (Å²) < 4.78 is 22.6. The Hall–Kier alpha value is -3.80. The van der Waals surface area contributed by atoms with Crippen LogP contribution in [0.4, 0.5) is 0 Å². The molecule has 5 atom stereocenters. The number of hydrogen-bond donors (Lipinski definition) is 5. The van der Waals surface area contributed by atoms with E-state index in [2.05, 4.69) is 0 Å². The summed E-state index contributed by atoms with van der Waals surface area (Å²) in [5, 5.41) is 50.9. The van der Waals surface area contributed by atoms with E-state index in [-0.39, 0.29) is 28.2 Å². The van der Waals surface area contributed by atoms with Crippen molar-refractivity contribution in [3.05, 3.63) is 46.6 Å². The molecule has 0 amide bonds. The number of esters is 1. The number of ether oxygens (including phenoxy) is 3. The molecule has 0 radical (unpaired) electrons. The van der Waals surface area contributed by atoms with Crippen molar-refractivity contribution in [1.82, 2.24) is 0 Å². The van der Waals surface area contributed by atoms with Crippen molar-refractivity contribution in [2.24, 2.45) is 0 Å². The third kappa shape index (κ3) is 4.81. The number of rotatable bonds is 6. The number of fused-ring (bicyclic) bond motifs is 1. The topological polar surface area (TPSA) is 176 Å². The van der Waals surface area contributed by atoms with Crippen molar-refractivity contribution in [2.75, 3.05) is 0 Å². The van der Waals surface area contributed by atoms with Crippen LogP contribution in [0, 0.1) is 0 Å². The molecule has 1 unspecified atom stereocenters. The van der Waals surface area contributed by atoms with Crippen LogP contribution in [0.3, 0.4) is 0 Å². The Balaban J connectivity index is 1.82. The highest BCUT2D eigenvalue weighted by Crippen LogP contribution is 2.37. The first-order valence-corrected chi connectivity index (χ1v) is 11.3. The SMILES string of the molecule is CCC[C@@H]1OC(Oc2c(-c3ccc(O)cc3)oc3cc(O)cc(O)c3c2=O)[C@H](O)[C@H](O)[C@H]1OC(C)=O. The summed E-state index contributed by atoms with van der Waals surface area (Å²) in [6.45, 7) is 3.01. The molecule has 36 heavy (non-hydrogen) atoms. The zero-order chi connectivity index (χ0) is 26.1. The van der Waals surface area contributed by atoms with Gasteiger partial charge in [-0.15, -0.1) is 0 Å². The summed E-state index contributed by atoms with van der Waals surface area (Å²) in [5.74, 6) is -2.22. The van der Waals surface area contributed by atoms with Gasteiger partial charge in [0.1, 0.15) is 46.5 Å². The zero-order valence-corrected chi connectivity index (χ0v) is 19.5. The van der Waals surface area contributed by atoms with Gasteiger partial charge in [0.2, 0.25) is 17.5 Å². The van der Waals surface area contributed by atoms with E-state index in [0.717, 1.165) is 12.1 Å². The number of aromatic hydroxyl groups is 3. The van der Waals surface area contributed by atoms with Crippen molar-refractivity contribution in [2.45, 2.75) is 57.4 Å². The van der Waals surface area contributed by atoms with E-state index in [4.69, 9.17) is 18.6 Å². The number of aliphatic hydroxyl groups is 2. The van der Waals surface area contributed by atoms with Gasteiger partial charge in [0.25, 0.3) is 0 Å². The number of benzene rings is 2. The summed E-state index contributed by atoms with van der Waals surface area (Å²) >= 11 is 0. The highest BCUT2D eigenvalue weighted by Gasteiger charge is 2.47. The maximum absolute atomic E-state index is 13.5. The van der Waals surface area contributed by atoms with Crippen LogP contribution in [0.1, 0.15) is 26.7 Å². The second-order valence-corrected chi connectivity index (χ2v) is 8.48. The summed E-state index contributed by atoms with van der Waals surface area (Å²) in [7, 11) is 0. The zero-order valence-electron chi connectivity index (χ0n) is 19.5. The molecular weight excluding hydrogens is 476 g/mol. The molecule has 192 valence electrons. The monoisotopic (exact) mass is 502 g/mol. The smallest absolute Gasteiger partial charge is 0.303 e. The third-order valence-electron chi connectivity index (χ3n) is 5.80. The minimum atomic E-state index is -1.72. The van der Waals surface area contributed by atoms with Crippen molar-refractivity contribution < 1.29 is 49.0 Å². The molecule has 1 aliphatic rings. The lowest BCUT2D eigenvalue weighted by atomic mass is 9.95. The van der Waals surface area contributed by atoms with Gasteiger partial charge < -0.3 is 44.2 Å². The van der Waals surface area contributed by atoms with Crippen molar-refractivity contribution in [3.63, 3.8) is 0 Å². The first-order chi connectivity index (χ1) is 17.1. The average molecular weight is 502 g/mol. The highest BCUT2D eigenvalue weighted by atomic mass is 16.7. The third-order valence-corrected chi connectivity index (χ3v) is 5.80. The molecule has 0 spiro atoms. The van der Waals surface area contributed by atoms with E-state index < -0.39 is 53.6 Å². The molecule has 1 fully saturated rings. The fourth-order valence-electron chi connectivity index (χ4n) is 4.15. The molecule has 0 saturated carbocycles. The Labute approximate surface area is 204 Å². The number of phenolic OH excluding ortho intramolecular Hbond substituents is 3. The Morgan fingerprint density at radius 2 is 1.72 bits per heavy atom. The van der Waals surface area contributed by atoms with Crippen LogP contribution in [-0.2, 0) is 14.3 Å². The van der Waals surface area contributed by atoms with E-state index in [0.29, 0.717) is 18.4 Å². The predicted molar refractivity (Wildman–Crippen MR) is 125 cm³/mol. The molecular formula is C25H26O11. The van der Waals surface area contributed by atoms with Gasteiger partial charge in [-0.05, 0) is 30.7 Å². The number of aliphatic hydroxyl groups excluding tert-OH is 2. The van der Waals surface area contributed by atoms with E-state index in [1.807, 2.05) is 6.92 Å². The number of hydrogen-bond acceptors (Lipinski definition) is 11. The van der Waals surface area contributed by atoms with Gasteiger partial charge in [0, 0.05) is 24.6 Å². The van der Waals surface area contributed by atoms with Gasteiger partial charge in [-0.25, -0.2) is 0 Å². The average Bonchev–Trinajstić information content (AvgIpc) is 2.81. The van der Waals surface area contributed by atoms with E-state index in [1.54, 1.807) is 0 Å². The molecule has 11 nitrogen and oxygen atoms in total. The Morgan fingerprint density at radius 1 is 1.03 bits per heavy atom. The minimum Gasteiger partial charge on any atom is -0.508 e. The van der Waals surface area contributed by atoms with Crippen LogP contribution in [0.15, 0.2) is 45.6 Å². The van der Waals surface area contributed by atoms with Gasteiger partial charge in [-0.2, -0.15) is 0 Å². The van der Waals surface area contributed by atoms with E-state index in [1.165, 1.54) is 31.2 Å². The number of phenols is 3. The highest BCUT2D eigenvalue weighted by molar-refractivity contribution is 5.88. The minimum absolute atomic E-state index is 0.0484. The molecule has 2 aromatic carbocycles. The number of carbonyl (C=O) groups excluding carboxylic acids is 1. The quantitative estimate of drug-likeness (QED) is 0.312. The van der Waals surface area contributed by atoms with Crippen LogP contribution >= 0.6 is 0 Å². The molecule has 1 aliphatic heterocycles. The van der Waals surface area contributed by atoms with Crippen molar-refractivity contribution in [1.29, 1.82) is 0 Å². The van der Waals surface area contributed by atoms with Crippen LogP contribution in [0.25, 0.3) is 22.3 Å². The molecule has 4 rings (SSSR count). The van der Waals surface area contributed by atoms with Crippen molar-refractivity contribution in [3.8, 4) is 34.3 Å². The summed E-state index contributed by atoms with van der Waals surface area (Å²) in [6, 6.07) is 7.68. The lowest BCUT2D eigenvalue weighted by Gasteiger charge is -2.41.